The van der Waals surface area contributed by atoms with E-state index in [0.29, 0.717) is 10.6 Å². The van der Waals surface area contributed by atoms with Gasteiger partial charge in [0.05, 0.1) is 5.56 Å². The summed E-state index contributed by atoms with van der Waals surface area (Å²) in [4.78, 5) is 2.00. The molecule has 0 atom stereocenters. The molecule has 0 bridgehead atoms. The number of nitriles is 1. The summed E-state index contributed by atoms with van der Waals surface area (Å²) < 4.78 is 0. The van der Waals surface area contributed by atoms with E-state index in [9.17, 15) is 0 Å². The van der Waals surface area contributed by atoms with Crippen LogP contribution in [0.15, 0.2) is 52.3 Å². The summed E-state index contributed by atoms with van der Waals surface area (Å²) in [6.45, 7) is 2.05. The molecule has 0 radical (unpaired) electrons. The number of nitrogens with zero attached hydrogens (tertiary/aromatic N) is 1. The molecule has 0 aromatic heterocycles. The second-order valence-electron chi connectivity index (χ2n) is 3.67. The topological polar surface area (TPSA) is 23.8 Å². The molecular weight excluding hydrogens is 250 g/mol. The van der Waals surface area contributed by atoms with Crippen molar-refractivity contribution in [1.29, 1.82) is 5.26 Å². The summed E-state index contributed by atoms with van der Waals surface area (Å²) in [6.07, 6.45) is 0. The monoisotopic (exact) mass is 259 g/mol. The van der Waals surface area contributed by atoms with Gasteiger partial charge in [-0.2, -0.15) is 5.26 Å². The van der Waals surface area contributed by atoms with Crippen molar-refractivity contribution in [2.45, 2.75) is 16.7 Å². The maximum Gasteiger partial charge on any atom is 0.100 e. The molecule has 17 heavy (non-hydrogen) atoms. The van der Waals surface area contributed by atoms with Crippen LogP contribution in [-0.4, -0.2) is 0 Å². The van der Waals surface area contributed by atoms with Gasteiger partial charge in [-0.25, -0.2) is 0 Å². The predicted molar refractivity (Wildman–Crippen MR) is 71.5 cm³/mol. The summed E-state index contributed by atoms with van der Waals surface area (Å²) in [7, 11) is 0. The van der Waals surface area contributed by atoms with Crippen LogP contribution in [0.4, 0.5) is 0 Å². The van der Waals surface area contributed by atoms with Crippen molar-refractivity contribution in [3.8, 4) is 6.07 Å². The van der Waals surface area contributed by atoms with E-state index in [4.69, 9.17) is 16.9 Å². The van der Waals surface area contributed by atoms with Crippen LogP contribution < -0.4 is 0 Å². The van der Waals surface area contributed by atoms with E-state index in [1.807, 2.05) is 18.2 Å². The van der Waals surface area contributed by atoms with Crippen molar-refractivity contribution >= 4 is 23.4 Å². The largest absolute Gasteiger partial charge is 0.192 e. The maximum absolute atomic E-state index is 9.03. The Morgan fingerprint density at radius 2 is 1.82 bits per heavy atom. The number of hydrogen-bond acceptors (Lipinski definition) is 2. The van der Waals surface area contributed by atoms with E-state index in [1.54, 1.807) is 23.9 Å². The Balaban J connectivity index is 2.32. The highest BCUT2D eigenvalue weighted by molar-refractivity contribution is 7.99. The lowest BCUT2D eigenvalue weighted by Crippen LogP contribution is -1.81. The van der Waals surface area contributed by atoms with E-state index in [1.165, 1.54) is 5.56 Å². The molecule has 1 nitrogen and oxygen atoms in total. The van der Waals surface area contributed by atoms with Crippen molar-refractivity contribution < 1.29 is 0 Å². The van der Waals surface area contributed by atoms with Crippen molar-refractivity contribution in [2.24, 2.45) is 0 Å². The second kappa shape index (κ2) is 5.27. The average molecular weight is 260 g/mol. The minimum atomic E-state index is 0.651. The minimum Gasteiger partial charge on any atom is -0.192 e. The van der Waals surface area contributed by atoms with Crippen LogP contribution in [0.25, 0.3) is 0 Å². The summed E-state index contributed by atoms with van der Waals surface area (Å²) in [5.74, 6) is 0. The lowest BCUT2D eigenvalue weighted by molar-refractivity contribution is 1.33. The summed E-state index contributed by atoms with van der Waals surface area (Å²) in [5, 5.41) is 9.68. The molecule has 0 aliphatic heterocycles. The quantitative estimate of drug-likeness (QED) is 0.782. The molecule has 0 spiro atoms. The molecule has 0 heterocycles. The molecule has 0 amide bonds. The van der Waals surface area contributed by atoms with Gasteiger partial charge in [0.15, 0.2) is 0 Å². The van der Waals surface area contributed by atoms with Gasteiger partial charge in [-0.15, -0.1) is 0 Å². The molecule has 0 saturated carbocycles. The van der Waals surface area contributed by atoms with Gasteiger partial charge in [0.2, 0.25) is 0 Å². The lowest BCUT2D eigenvalue weighted by atomic mass is 10.2. The zero-order chi connectivity index (χ0) is 12.3. The van der Waals surface area contributed by atoms with Gasteiger partial charge in [0.1, 0.15) is 6.07 Å². The van der Waals surface area contributed by atoms with Crippen LogP contribution >= 0.6 is 23.4 Å². The third kappa shape index (κ3) is 3.03. The highest BCUT2D eigenvalue weighted by Gasteiger charge is 2.05. The van der Waals surface area contributed by atoms with Gasteiger partial charge < -0.3 is 0 Å². The summed E-state index contributed by atoms with van der Waals surface area (Å²) >= 11 is 7.50. The average Bonchev–Trinajstić information content (AvgIpc) is 2.32. The molecule has 0 aliphatic rings. The highest BCUT2D eigenvalue weighted by atomic mass is 35.5. The molecule has 3 heteroatoms. The molecule has 0 saturated heterocycles. The van der Waals surface area contributed by atoms with Crippen molar-refractivity contribution in [3.63, 3.8) is 0 Å². The molecular formula is C14H10ClNS. The molecule has 0 fully saturated rings. The van der Waals surface area contributed by atoms with Gasteiger partial charge >= 0.3 is 0 Å². The van der Waals surface area contributed by atoms with E-state index >= 15 is 0 Å². The van der Waals surface area contributed by atoms with Crippen LogP contribution in [0.2, 0.25) is 5.02 Å². The minimum absolute atomic E-state index is 0.651. The first-order valence-corrected chi connectivity index (χ1v) is 6.32. The summed E-state index contributed by atoms with van der Waals surface area (Å²) in [6, 6.07) is 15.7. The first kappa shape index (κ1) is 12.0. The van der Waals surface area contributed by atoms with Crippen LogP contribution in [-0.2, 0) is 0 Å². The Hall–Kier alpha value is -1.43. The number of benzene rings is 2. The van der Waals surface area contributed by atoms with Crippen molar-refractivity contribution in [1.82, 2.24) is 0 Å². The lowest BCUT2D eigenvalue weighted by Gasteiger charge is -2.04. The van der Waals surface area contributed by atoms with Crippen LogP contribution in [0.3, 0.4) is 0 Å². The molecule has 0 unspecified atom stereocenters. The van der Waals surface area contributed by atoms with E-state index in [2.05, 4.69) is 25.1 Å². The normalized spacial score (nSPS) is 9.94. The molecule has 0 aliphatic carbocycles. The second-order valence-corrected chi connectivity index (χ2v) is 5.22. The first-order valence-electron chi connectivity index (χ1n) is 5.13. The number of rotatable bonds is 2. The third-order valence-electron chi connectivity index (χ3n) is 2.31. The maximum atomic E-state index is 9.03. The fourth-order valence-electron chi connectivity index (χ4n) is 1.41. The number of halogens is 1. The van der Waals surface area contributed by atoms with E-state index < -0.39 is 0 Å². The molecule has 2 aromatic rings. The number of hydrogen-bond donors (Lipinski definition) is 0. The Labute approximate surface area is 110 Å². The smallest absolute Gasteiger partial charge is 0.100 e. The SMILES string of the molecule is Cc1ccc(Sc2cc(Cl)ccc2C#N)cc1. The van der Waals surface area contributed by atoms with Gasteiger partial charge in [0, 0.05) is 14.8 Å². The van der Waals surface area contributed by atoms with E-state index in [-0.39, 0.29) is 0 Å². The Morgan fingerprint density at radius 3 is 2.47 bits per heavy atom. The first-order chi connectivity index (χ1) is 8.19. The molecule has 0 N–H and O–H groups in total. The predicted octanol–water partition coefficient (Wildman–Crippen LogP) is 4.67. The fraction of sp³-hybridized carbons (Fsp3) is 0.0714. The molecule has 84 valence electrons. The van der Waals surface area contributed by atoms with Gasteiger partial charge in [-0.05, 0) is 37.3 Å². The molecule has 2 aromatic carbocycles. The summed E-state index contributed by atoms with van der Waals surface area (Å²) in [5.41, 5.74) is 1.88. The van der Waals surface area contributed by atoms with Crippen LogP contribution in [0, 0.1) is 18.3 Å². The van der Waals surface area contributed by atoms with Crippen molar-refractivity contribution in [2.75, 3.05) is 0 Å². The van der Waals surface area contributed by atoms with Crippen LogP contribution in [0.5, 0.6) is 0 Å². The zero-order valence-electron chi connectivity index (χ0n) is 9.27. The molecule has 2 rings (SSSR count). The highest BCUT2D eigenvalue weighted by Crippen LogP contribution is 2.32. The Morgan fingerprint density at radius 1 is 1.12 bits per heavy atom. The Kier molecular flexibility index (Phi) is 3.73. The Bertz CT molecular complexity index is 570. The standard InChI is InChI=1S/C14H10ClNS/c1-10-2-6-13(7-3-10)17-14-8-12(15)5-4-11(14)9-16/h2-8H,1H3. The van der Waals surface area contributed by atoms with E-state index in [0.717, 1.165) is 9.79 Å². The fourth-order valence-corrected chi connectivity index (χ4v) is 2.58. The number of aryl methyl sites for hydroxylation is 1. The third-order valence-corrected chi connectivity index (χ3v) is 3.61. The van der Waals surface area contributed by atoms with Crippen molar-refractivity contribution in [3.05, 3.63) is 58.6 Å². The van der Waals surface area contributed by atoms with Crippen LogP contribution in [0.1, 0.15) is 11.1 Å². The zero-order valence-corrected chi connectivity index (χ0v) is 10.8. The van der Waals surface area contributed by atoms with Gasteiger partial charge in [-0.1, -0.05) is 41.1 Å². The van der Waals surface area contributed by atoms with Gasteiger partial charge in [0.25, 0.3) is 0 Å². The van der Waals surface area contributed by atoms with Gasteiger partial charge in [-0.3, -0.25) is 0 Å².